The average Bonchev–Trinajstić information content (AvgIpc) is 3.20. The zero-order valence-electron chi connectivity index (χ0n) is 17.7. The number of nitrogens with one attached hydrogen (secondary N) is 3. The number of methoxy groups -OCH3 is 1. The molecule has 1 atom stereocenters. The number of ether oxygens (including phenoxy) is 1. The molecule has 3 N–H and O–H groups in total. The molecule has 1 aromatic heterocycles. The van der Waals surface area contributed by atoms with Crippen LogP contribution in [0.4, 0.5) is 5.69 Å². The molecule has 0 amide bonds. The van der Waals surface area contributed by atoms with Gasteiger partial charge in [-0.05, 0) is 48.4 Å². The third kappa shape index (κ3) is 5.72. The Morgan fingerprint density at radius 3 is 2.47 bits per heavy atom. The summed E-state index contributed by atoms with van der Waals surface area (Å²) in [6.45, 7) is 2.84. The Labute approximate surface area is 183 Å². The Morgan fingerprint density at radius 1 is 1.10 bits per heavy atom. The van der Waals surface area contributed by atoms with E-state index in [4.69, 9.17) is 21.3 Å². The van der Waals surface area contributed by atoms with Crippen molar-refractivity contribution >= 4 is 17.3 Å². The maximum atomic E-state index is 5.96. The van der Waals surface area contributed by atoms with Gasteiger partial charge >= 0.3 is 0 Å². The first-order chi connectivity index (χ1) is 14.6. The fourth-order valence-corrected chi connectivity index (χ4v) is 3.40. The van der Waals surface area contributed by atoms with Crippen molar-refractivity contribution in [3.05, 3.63) is 82.7 Å². The molecule has 0 spiro atoms. The molecule has 3 aromatic rings. The monoisotopic (exact) mass is 424 g/mol. The molecule has 0 saturated heterocycles. The van der Waals surface area contributed by atoms with Crippen LogP contribution >= 0.6 is 11.6 Å². The van der Waals surface area contributed by atoms with Crippen molar-refractivity contribution in [2.75, 3.05) is 26.0 Å². The van der Waals surface area contributed by atoms with Crippen molar-refractivity contribution < 1.29 is 4.74 Å². The van der Waals surface area contributed by atoms with Gasteiger partial charge in [0.05, 0.1) is 5.69 Å². The third-order valence-electron chi connectivity index (χ3n) is 4.96. The van der Waals surface area contributed by atoms with Crippen molar-refractivity contribution in [2.45, 2.75) is 26.0 Å². The van der Waals surface area contributed by atoms with Crippen molar-refractivity contribution in [3.63, 3.8) is 0 Å². The van der Waals surface area contributed by atoms with Crippen LogP contribution in [0, 0.1) is 0 Å². The Morgan fingerprint density at radius 2 is 1.83 bits per heavy atom. The lowest BCUT2D eigenvalue weighted by molar-refractivity contribution is 0.0771. The Hall–Kier alpha value is -2.60. The molecule has 6 heteroatoms. The van der Waals surface area contributed by atoms with E-state index in [0.29, 0.717) is 6.54 Å². The number of hydrogen-bond acceptors (Lipinski definition) is 4. The minimum atomic E-state index is -0.169. The smallest absolute Gasteiger partial charge is 0.137 e. The van der Waals surface area contributed by atoms with E-state index in [9.17, 15) is 0 Å². The summed E-state index contributed by atoms with van der Waals surface area (Å²) in [6.07, 6.45) is 5.81. The highest BCUT2D eigenvalue weighted by atomic mass is 35.5. The van der Waals surface area contributed by atoms with Gasteiger partial charge in [0, 0.05) is 49.1 Å². The fourth-order valence-electron chi connectivity index (χ4n) is 3.27. The van der Waals surface area contributed by atoms with E-state index in [-0.39, 0.29) is 6.23 Å². The number of imidazole rings is 1. The van der Waals surface area contributed by atoms with E-state index in [2.05, 4.69) is 59.0 Å². The number of hydrogen-bond donors (Lipinski definition) is 3. The first-order valence-electron chi connectivity index (χ1n) is 10.2. The summed E-state index contributed by atoms with van der Waals surface area (Å²) in [6, 6.07) is 15.9. The summed E-state index contributed by atoms with van der Waals surface area (Å²) < 4.78 is 5.54. The molecule has 2 aromatic carbocycles. The summed E-state index contributed by atoms with van der Waals surface area (Å²) in [4.78, 5) is 8.27. The Balaban J connectivity index is 1.58. The van der Waals surface area contributed by atoms with Gasteiger partial charge in [-0.2, -0.15) is 0 Å². The van der Waals surface area contributed by atoms with Crippen molar-refractivity contribution in [2.24, 2.45) is 0 Å². The lowest BCUT2D eigenvalue weighted by atomic mass is 10.2. The number of allylic oxidation sites excluding steroid dienone is 1. The molecule has 5 nitrogen and oxygen atoms in total. The van der Waals surface area contributed by atoms with Crippen LogP contribution in [0.5, 0.6) is 0 Å². The first-order valence-corrected chi connectivity index (χ1v) is 10.5. The number of halogens is 1. The fraction of sp³-hybridized carbons (Fsp3) is 0.292. The van der Waals surface area contributed by atoms with Crippen LogP contribution in [0.1, 0.15) is 30.1 Å². The van der Waals surface area contributed by atoms with Gasteiger partial charge < -0.3 is 15.0 Å². The first kappa shape index (κ1) is 22.1. The molecule has 3 rings (SSSR count). The second kappa shape index (κ2) is 11.0. The Bertz CT molecular complexity index is 948. The topological polar surface area (TPSA) is 62.0 Å². The molecule has 1 heterocycles. The quantitative estimate of drug-likeness (QED) is 0.302. The molecule has 0 aliphatic heterocycles. The third-order valence-corrected chi connectivity index (χ3v) is 5.22. The summed E-state index contributed by atoms with van der Waals surface area (Å²) in [5.74, 6) is 0.915. The summed E-state index contributed by atoms with van der Waals surface area (Å²) in [5.41, 5.74) is 5.49. The van der Waals surface area contributed by atoms with E-state index in [0.717, 1.165) is 51.9 Å². The van der Waals surface area contributed by atoms with E-state index >= 15 is 0 Å². The van der Waals surface area contributed by atoms with Gasteiger partial charge in [-0.1, -0.05) is 42.8 Å². The highest BCUT2D eigenvalue weighted by molar-refractivity contribution is 6.30. The average molecular weight is 425 g/mol. The van der Waals surface area contributed by atoms with Crippen molar-refractivity contribution in [1.29, 1.82) is 0 Å². The molecular formula is C24H29ClN4O. The van der Waals surface area contributed by atoms with E-state index in [1.165, 1.54) is 0 Å². The van der Waals surface area contributed by atoms with Gasteiger partial charge in [0.1, 0.15) is 12.1 Å². The predicted octanol–water partition coefficient (Wildman–Crippen LogP) is 5.37. The number of H-pyrrole nitrogens is 1. The van der Waals surface area contributed by atoms with Gasteiger partial charge in [0.15, 0.2) is 0 Å². The molecule has 0 aliphatic carbocycles. The van der Waals surface area contributed by atoms with Crippen LogP contribution in [-0.2, 0) is 17.6 Å². The van der Waals surface area contributed by atoms with Crippen molar-refractivity contribution in [3.8, 4) is 11.4 Å². The summed E-state index contributed by atoms with van der Waals surface area (Å²) in [7, 11) is 3.61. The maximum Gasteiger partial charge on any atom is 0.137 e. The Kier molecular flexibility index (Phi) is 8.08. The normalized spacial score (nSPS) is 12.4. The van der Waals surface area contributed by atoms with E-state index in [1.54, 1.807) is 7.11 Å². The number of rotatable bonds is 10. The van der Waals surface area contributed by atoms with Gasteiger partial charge in [-0.25, -0.2) is 4.98 Å². The van der Waals surface area contributed by atoms with Gasteiger partial charge in [0.25, 0.3) is 0 Å². The second-order valence-electron chi connectivity index (χ2n) is 6.94. The number of aryl methyl sites for hydroxylation is 1. The van der Waals surface area contributed by atoms with Gasteiger partial charge in [-0.15, -0.1) is 0 Å². The molecule has 0 aliphatic rings. The predicted molar refractivity (Wildman–Crippen MR) is 125 cm³/mol. The molecule has 0 bridgehead atoms. The summed E-state index contributed by atoms with van der Waals surface area (Å²) in [5, 5.41) is 7.24. The van der Waals surface area contributed by atoms with Crippen LogP contribution < -0.4 is 10.6 Å². The zero-order chi connectivity index (χ0) is 21.3. The number of nitrogens with zero attached hydrogens (tertiary/aromatic N) is 1. The number of aromatic nitrogens is 2. The molecule has 1 unspecified atom stereocenters. The second-order valence-corrected chi connectivity index (χ2v) is 7.38. The SMILES string of the molecule is CCc1nc(-c2ccc(NC)cc2)[nH]c1C/C=C\CNC(OC)c1ccc(Cl)cc1. The van der Waals surface area contributed by atoms with Crippen LogP contribution in [0.15, 0.2) is 60.7 Å². The van der Waals surface area contributed by atoms with Crippen LogP contribution in [0.3, 0.4) is 0 Å². The summed E-state index contributed by atoms with van der Waals surface area (Å²) >= 11 is 5.96. The largest absolute Gasteiger partial charge is 0.388 e. The van der Waals surface area contributed by atoms with Gasteiger partial charge in [-0.3, -0.25) is 5.32 Å². The number of benzene rings is 2. The molecule has 0 fully saturated rings. The molecule has 30 heavy (non-hydrogen) atoms. The number of aromatic amines is 1. The van der Waals surface area contributed by atoms with Crippen LogP contribution in [0.25, 0.3) is 11.4 Å². The van der Waals surface area contributed by atoms with Crippen LogP contribution in [-0.4, -0.2) is 30.7 Å². The molecule has 158 valence electrons. The van der Waals surface area contributed by atoms with Crippen LogP contribution in [0.2, 0.25) is 5.02 Å². The lowest BCUT2D eigenvalue weighted by Crippen LogP contribution is -2.22. The van der Waals surface area contributed by atoms with E-state index < -0.39 is 0 Å². The number of anilines is 1. The lowest BCUT2D eigenvalue weighted by Gasteiger charge is -2.16. The maximum absolute atomic E-state index is 5.96. The van der Waals surface area contributed by atoms with Crippen molar-refractivity contribution in [1.82, 2.24) is 15.3 Å². The minimum Gasteiger partial charge on any atom is -0.388 e. The molecule has 0 radical (unpaired) electrons. The molecular weight excluding hydrogens is 396 g/mol. The van der Waals surface area contributed by atoms with E-state index in [1.807, 2.05) is 31.3 Å². The minimum absolute atomic E-state index is 0.169. The standard InChI is InChI=1S/C24H29ClN4O/c1-4-21-22(29-23(28-21)17-10-14-20(26-2)15-11-17)7-5-6-16-27-24(30-3)18-8-12-19(25)13-9-18/h5-6,8-15,24,26-27H,4,7,16H2,1-3H3,(H,28,29)/b6-5-. The molecule has 0 saturated carbocycles. The zero-order valence-corrected chi connectivity index (χ0v) is 18.5. The highest BCUT2D eigenvalue weighted by Crippen LogP contribution is 2.21. The highest BCUT2D eigenvalue weighted by Gasteiger charge is 2.10. The van der Waals surface area contributed by atoms with Gasteiger partial charge in [0.2, 0.25) is 0 Å².